The first-order valence-corrected chi connectivity index (χ1v) is 5.92. The predicted octanol–water partition coefficient (Wildman–Crippen LogP) is 0.682. The van der Waals surface area contributed by atoms with E-state index in [0.29, 0.717) is 13.1 Å². The third kappa shape index (κ3) is 4.83. The smallest absolute Gasteiger partial charge is 0.345 e. The van der Waals surface area contributed by atoms with E-state index in [0.717, 1.165) is 25.7 Å². The largest absolute Gasteiger partial charge is 0.396 e. The number of alkyl halides is 2. The molecular formula is C11H22F2N2O2. The van der Waals surface area contributed by atoms with E-state index >= 15 is 0 Å². The topological polar surface area (TPSA) is 81.5 Å². The third-order valence-corrected chi connectivity index (χ3v) is 3.63. The van der Waals surface area contributed by atoms with Crippen LogP contribution in [0.1, 0.15) is 25.7 Å². The van der Waals surface area contributed by atoms with Gasteiger partial charge in [-0.3, -0.25) is 0 Å². The second kappa shape index (κ2) is 6.04. The van der Waals surface area contributed by atoms with Gasteiger partial charge in [-0.15, -0.1) is 0 Å². The standard InChI is InChI=1S/C6H11F2NO.C5H11NO/c7-5(8)10-4-6(3-9)1-2-6;6-3-5(4-7)1-2-5/h5H,1-4,9H2;7H,1-4,6H2. The number of aliphatic hydroxyl groups excluding tert-OH is 1. The van der Waals surface area contributed by atoms with Gasteiger partial charge in [0, 0.05) is 30.5 Å². The van der Waals surface area contributed by atoms with Gasteiger partial charge in [0.2, 0.25) is 0 Å². The molecule has 2 saturated carbocycles. The molecule has 2 aliphatic rings. The van der Waals surface area contributed by atoms with Crippen LogP contribution in [0.15, 0.2) is 0 Å². The first-order valence-electron chi connectivity index (χ1n) is 5.92. The number of hydrogen-bond acceptors (Lipinski definition) is 4. The Labute approximate surface area is 100 Å². The molecule has 0 aromatic carbocycles. The van der Waals surface area contributed by atoms with E-state index in [1.165, 1.54) is 0 Å². The minimum absolute atomic E-state index is 0.101. The monoisotopic (exact) mass is 252 g/mol. The van der Waals surface area contributed by atoms with Crippen molar-refractivity contribution in [3.05, 3.63) is 0 Å². The van der Waals surface area contributed by atoms with Crippen molar-refractivity contribution >= 4 is 0 Å². The summed E-state index contributed by atoms with van der Waals surface area (Å²) in [6.07, 6.45) is 4.10. The minimum atomic E-state index is -2.65. The Balaban J connectivity index is 0.000000181. The Morgan fingerprint density at radius 2 is 1.53 bits per heavy atom. The number of aliphatic hydroxyl groups is 1. The molecule has 2 aliphatic carbocycles. The van der Waals surface area contributed by atoms with Gasteiger partial charge in [0.05, 0.1) is 6.61 Å². The summed E-state index contributed by atoms with van der Waals surface area (Å²) in [6, 6.07) is 0. The van der Waals surface area contributed by atoms with Crippen molar-refractivity contribution in [2.75, 3.05) is 26.3 Å². The van der Waals surface area contributed by atoms with Crippen LogP contribution in [0.3, 0.4) is 0 Å². The zero-order valence-corrected chi connectivity index (χ0v) is 10.0. The Kier molecular flexibility index (Phi) is 5.24. The van der Waals surface area contributed by atoms with Crippen molar-refractivity contribution in [3.63, 3.8) is 0 Å². The van der Waals surface area contributed by atoms with Crippen molar-refractivity contribution in [2.24, 2.45) is 22.3 Å². The van der Waals surface area contributed by atoms with Crippen molar-refractivity contribution in [1.29, 1.82) is 0 Å². The number of nitrogens with two attached hydrogens (primary N) is 2. The molecule has 0 radical (unpaired) electrons. The highest BCUT2D eigenvalue weighted by Crippen LogP contribution is 2.45. The number of rotatable bonds is 6. The van der Waals surface area contributed by atoms with E-state index in [1.54, 1.807) is 0 Å². The molecule has 17 heavy (non-hydrogen) atoms. The van der Waals surface area contributed by atoms with Crippen molar-refractivity contribution in [2.45, 2.75) is 32.3 Å². The van der Waals surface area contributed by atoms with Gasteiger partial charge < -0.3 is 21.3 Å². The summed E-state index contributed by atoms with van der Waals surface area (Å²) in [5.74, 6) is 0. The summed E-state index contributed by atoms with van der Waals surface area (Å²) in [4.78, 5) is 0. The van der Waals surface area contributed by atoms with E-state index < -0.39 is 6.61 Å². The van der Waals surface area contributed by atoms with Crippen LogP contribution in [0.25, 0.3) is 0 Å². The maximum Gasteiger partial charge on any atom is 0.345 e. The molecule has 0 aromatic rings. The summed E-state index contributed by atoms with van der Waals surface area (Å²) in [5.41, 5.74) is 10.7. The summed E-state index contributed by atoms with van der Waals surface area (Å²) < 4.78 is 27.1. The number of hydrogen-bond donors (Lipinski definition) is 3. The van der Waals surface area contributed by atoms with Gasteiger partial charge in [0.1, 0.15) is 0 Å². The molecule has 2 rings (SSSR count). The van der Waals surface area contributed by atoms with E-state index in [4.69, 9.17) is 16.6 Å². The lowest BCUT2D eigenvalue weighted by molar-refractivity contribution is -0.140. The van der Waals surface area contributed by atoms with Crippen molar-refractivity contribution in [3.8, 4) is 0 Å². The number of ether oxygens (including phenoxy) is 1. The van der Waals surface area contributed by atoms with Crippen LogP contribution in [-0.4, -0.2) is 38.0 Å². The molecule has 5 N–H and O–H groups in total. The molecule has 0 aromatic heterocycles. The van der Waals surface area contributed by atoms with Crippen molar-refractivity contribution in [1.82, 2.24) is 0 Å². The van der Waals surface area contributed by atoms with Crippen LogP contribution in [0.2, 0.25) is 0 Å². The molecule has 0 spiro atoms. The highest BCUT2D eigenvalue weighted by Gasteiger charge is 2.42. The van der Waals surface area contributed by atoms with Crippen LogP contribution in [-0.2, 0) is 4.74 Å². The fourth-order valence-electron chi connectivity index (χ4n) is 1.43. The maximum absolute atomic E-state index is 11.5. The van der Waals surface area contributed by atoms with Crippen LogP contribution < -0.4 is 11.5 Å². The zero-order valence-electron chi connectivity index (χ0n) is 10.0. The molecule has 0 aliphatic heterocycles. The lowest BCUT2D eigenvalue weighted by Crippen LogP contribution is -2.22. The first-order chi connectivity index (χ1) is 8.01. The molecule has 0 unspecified atom stereocenters. The Morgan fingerprint density at radius 1 is 1.06 bits per heavy atom. The highest BCUT2D eigenvalue weighted by molar-refractivity contribution is 4.93. The van der Waals surface area contributed by atoms with Gasteiger partial charge in [-0.05, 0) is 25.7 Å². The second-order valence-electron chi connectivity index (χ2n) is 5.14. The van der Waals surface area contributed by atoms with E-state index in [2.05, 4.69) is 4.74 Å². The average Bonchev–Trinajstić information content (AvgIpc) is 3.23. The molecule has 0 saturated heterocycles. The lowest BCUT2D eigenvalue weighted by Gasteiger charge is -2.10. The average molecular weight is 252 g/mol. The molecular weight excluding hydrogens is 230 g/mol. The molecule has 4 nitrogen and oxygen atoms in total. The third-order valence-electron chi connectivity index (χ3n) is 3.63. The molecule has 0 atom stereocenters. The van der Waals surface area contributed by atoms with E-state index in [-0.39, 0.29) is 24.0 Å². The fourth-order valence-corrected chi connectivity index (χ4v) is 1.43. The minimum Gasteiger partial charge on any atom is -0.396 e. The molecule has 2 fully saturated rings. The lowest BCUT2D eigenvalue weighted by atomic mass is 10.1. The SMILES string of the molecule is NCC1(CO)CC1.NCC1(COC(F)F)CC1. The quantitative estimate of drug-likeness (QED) is 0.649. The Bertz CT molecular complexity index is 226. The van der Waals surface area contributed by atoms with Crippen LogP contribution in [0.5, 0.6) is 0 Å². The highest BCUT2D eigenvalue weighted by atomic mass is 19.3. The molecule has 0 heterocycles. The van der Waals surface area contributed by atoms with Gasteiger partial charge >= 0.3 is 6.61 Å². The van der Waals surface area contributed by atoms with Crippen LogP contribution >= 0.6 is 0 Å². The van der Waals surface area contributed by atoms with Gasteiger partial charge in [-0.2, -0.15) is 8.78 Å². The van der Waals surface area contributed by atoms with E-state index in [1.807, 2.05) is 0 Å². The van der Waals surface area contributed by atoms with Gasteiger partial charge in [-0.1, -0.05) is 0 Å². The van der Waals surface area contributed by atoms with E-state index in [9.17, 15) is 8.78 Å². The second-order valence-corrected chi connectivity index (χ2v) is 5.14. The van der Waals surface area contributed by atoms with Crippen LogP contribution in [0, 0.1) is 10.8 Å². The number of halogens is 2. The van der Waals surface area contributed by atoms with Gasteiger partial charge in [-0.25, -0.2) is 0 Å². The van der Waals surface area contributed by atoms with Crippen molar-refractivity contribution < 1.29 is 18.6 Å². The zero-order chi connectivity index (χ0) is 12.9. The summed E-state index contributed by atoms with van der Waals surface area (Å²) in [5, 5.41) is 8.58. The molecule has 102 valence electrons. The normalized spacial score (nSPS) is 22.9. The Hall–Kier alpha value is -0.300. The molecule has 0 bridgehead atoms. The summed E-state index contributed by atoms with van der Waals surface area (Å²) in [6.45, 7) is -1.14. The molecule has 6 heteroatoms. The van der Waals surface area contributed by atoms with Crippen LogP contribution in [0.4, 0.5) is 8.78 Å². The molecule has 0 amide bonds. The summed E-state index contributed by atoms with van der Waals surface area (Å²) >= 11 is 0. The predicted molar refractivity (Wildman–Crippen MR) is 60.5 cm³/mol. The first kappa shape index (κ1) is 14.8. The fraction of sp³-hybridized carbons (Fsp3) is 1.00. The Morgan fingerprint density at radius 3 is 1.71 bits per heavy atom. The van der Waals surface area contributed by atoms with Gasteiger partial charge in [0.15, 0.2) is 0 Å². The van der Waals surface area contributed by atoms with Gasteiger partial charge in [0.25, 0.3) is 0 Å². The summed E-state index contributed by atoms with van der Waals surface area (Å²) in [7, 11) is 0. The maximum atomic E-state index is 11.5.